The quantitative estimate of drug-likeness (QED) is 0.692. The highest BCUT2D eigenvalue weighted by Gasteiger charge is 2.29. The Labute approximate surface area is 183 Å². The molecule has 7 nitrogen and oxygen atoms in total. The number of amides is 2. The van der Waals surface area contributed by atoms with Gasteiger partial charge < -0.3 is 19.9 Å². The minimum Gasteiger partial charge on any atom is -0.466 e. The molecule has 2 aromatic rings. The number of hydrogen-bond acceptors (Lipinski definition) is 5. The minimum atomic E-state index is -0.228. The number of hydrogen-bond donors (Lipinski definition) is 1. The first-order chi connectivity index (χ1) is 15.0. The van der Waals surface area contributed by atoms with Gasteiger partial charge in [-0.3, -0.25) is 14.4 Å². The summed E-state index contributed by atoms with van der Waals surface area (Å²) in [5, 5.41) is 3.26. The van der Waals surface area contributed by atoms with E-state index in [2.05, 4.69) is 5.32 Å². The second kappa shape index (κ2) is 10.6. The Hall–Kier alpha value is -3.35. The summed E-state index contributed by atoms with van der Waals surface area (Å²) in [5.41, 5.74) is 2.07. The smallest absolute Gasteiger partial charge is 0.309 e. The van der Waals surface area contributed by atoms with Crippen molar-refractivity contribution in [3.63, 3.8) is 0 Å². The zero-order valence-corrected chi connectivity index (χ0v) is 18.0. The fourth-order valence-electron chi connectivity index (χ4n) is 3.66. The van der Waals surface area contributed by atoms with Gasteiger partial charge >= 0.3 is 5.97 Å². The van der Waals surface area contributed by atoms with Crippen molar-refractivity contribution in [2.45, 2.75) is 19.8 Å². The molecular formula is C24H29N3O4. The van der Waals surface area contributed by atoms with Crippen LogP contribution in [0.5, 0.6) is 0 Å². The standard InChI is InChI=1S/C24H29N3O4/c1-3-31-24(30)18-13-15-27(16-14-18)22(28)17-26(2)23(29)20-11-7-8-12-21(20)25-19-9-5-4-6-10-19/h4-12,18,25H,3,13-17H2,1-2H3. The predicted molar refractivity (Wildman–Crippen MR) is 119 cm³/mol. The third-order valence-corrected chi connectivity index (χ3v) is 5.40. The summed E-state index contributed by atoms with van der Waals surface area (Å²) < 4.78 is 5.07. The number of carbonyl (C=O) groups excluding carboxylic acids is 3. The minimum absolute atomic E-state index is 0.0113. The molecule has 0 atom stereocenters. The summed E-state index contributed by atoms with van der Waals surface area (Å²) >= 11 is 0. The van der Waals surface area contributed by atoms with Gasteiger partial charge in [-0.2, -0.15) is 0 Å². The molecule has 0 saturated carbocycles. The van der Waals surface area contributed by atoms with E-state index in [9.17, 15) is 14.4 Å². The molecule has 1 fully saturated rings. The van der Waals surface area contributed by atoms with E-state index in [-0.39, 0.29) is 30.2 Å². The molecule has 164 valence electrons. The summed E-state index contributed by atoms with van der Waals surface area (Å²) in [4.78, 5) is 40.8. The zero-order valence-electron chi connectivity index (χ0n) is 18.0. The van der Waals surface area contributed by atoms with Gasteiger partial charge in [0.2, 0.25) is 5.91 Å². The van der Waals surface area contributed by atoms with Gasteiger partial charge in [-0.05, 0) is 44.0 Å². The van der Waals surface area contributed by atoms with Crippen molar-refractivity contribution in [2.75, 3.05) is 38.6 Å². The van der Waals surface area contributed by atoms with E-state index in [1.165, 1.54) is 4.90 Å². The highest BCUT2D eigenvalue weighted by Crippen LogP contribution is 2.22. The average molecular weight is 424 g/mol. The van der Waals surface area contributed by atoms with Crippen molar-refractivity contribution in [2.24, 2.45) is 5.92 Å². The number of esters is 1. The average Bonchev–Trinajstić information content (AvgIpc) is 2.80. The predicted octanol–water partition coefficient (Wildman–Crippen LogP) is 3.30. The second-order valence-corrected chi connectivity index (χ2v) is 7.60. The maximum absolute atomic E-state index is 13.0. The van der Waals surface area contributed by atoms with Gasteiger partial charge in [0.15, 0.2) is 0 Å². The molecule has 1 aliphatic heterocycles. The van der Waals surface area contributed by atoms with Crippen LogP contribution < -0.4 is 5.32 Å². The van der Waals surface area contributed by atoms with Crippen molar-refractivity contribution >= 4 is 29.2 Å². The Balaban J connectivity index is 1.59. The number of likely N-dealkylation sites (tertiary alicyclic amines) is 1. The Kier molecular flexibility index (Phi) is 7.65. The number of nitrogens with zero attached hydrogens (tertiary/aromatic N) is 2. The number of piperidine rings is 1. The fraction of sp³-hybridized carbons (Fsp3) is 0.375. The lowest BCUT2D eigenvalue weighted by molar-refractivity contribution is -0.151. The first-order valence-corrected chi connectivity index (χ1v) is 10.6. The first-order valence-electron chi connectivity index (χ1n) is 10.6. The lowest BCUT2D eigenvalue weighted by Crippen LogP contribution is -2.45. The van der Waals surface area contributed by atoms with Gasteiger partial charge in [-0.15, -0.1) is 0 Å². The topological polar surface area (TPSA) is 79.0 Å². The van der Waals surface area contributed by atoms with Crippen molar-refractivity contribution < 1.29 is 19.1 Å². The molecule has 0 aliphatic carbocycles. The molecule has 2 amide bonds. The van der Waals surface area contributed by atoms with Crippen LogP contribution in [-0.2, 0) is 14.3 Å². The Morgan fingerprint density at radius 1 is 1.03 bits per heavy atom. The molecule has 3 rings (SSSR count). The molecular weight excluding hydrogens is 394 g/mol. The number of likely N-dealkylation sites (N-methyl/N-ethyl adjacent to an activating group) is 1. The molecule has 1 saturated heterocycles. The first kappa shape index (κ1) is 22.3. The molecule has 0 aromatic heterocycles. The number of benzene rings is 2. The third kappa shape index (κ3) is 5.84. The molecule has 0 bridgehead atoms. The Morgan fingerprint density at radius 2 is 1.68 bits per heavy atom. The van der Waals surface area contributed by atoms with Crippen molar-refractivity contribution in [1.82, 2.24) is 9.80 Å². The van der Waals surface area contributed by atoms with Crippen LogP contribution in [0.15, 0.2) is 54.6 Å². The van der Waals surface area contributed by atoms with E-state index < -0.39 is 0 Å². The largest absolute Gasteiger partial charge is 0.466 e. The second-order valence-electron chi connectivity index (χ2n) is 7.60. The summed E-state index contributed by atoms with van der Waals surface area (Å²) in [6, 6.07) is 16.9. The molecule has 7 heteroatoms. The molecule has 1 aliphatic rings. The fourth-order valence-corrected chi connectivity index (χ4v) is 3.66. The van der Waals surface area contributed by atoms with Gasteiger partial charge in [0.05, 0.1) is 30.3 Å². The van der Waals surface area contributed by atoms with Gasteiger partial charge in [0, 0.05) is 25.8 Å². The maximum Gasteiger partial charge on any atom is 0.309 e. The lowest BCUT2D eigenvalue weighted by Gasteiger charge is -2.32. The van der Waals surface area contributed by atoms with E-state index in [1.807, 2.05) is 42.5 Å². The monoisotopic (exact) mass is 423 g/mol. The summed E-state index contributed by atoms with van der Waals surface area (Å²) in [6.07, 6.45) is 1.18. The van der Waals surface area contributed by atoms with E-state index in [0.717, 1.165) is 5.69 Å². The summed E-state index contributed by atoms with van der Waals surface area (Å²) in [5.74, 6) is -0.691. The summed E-state index contributed by atoms with van der Waals surface area (Å²) in [6.45, 7) is 3.14. The van der Waals surface area contributed by atoms with Crippen molar-refractivity contribution in [3.05, 3.63) is 60.2 Å². The molecule has 31 heavy (non-hydrogen) atoms. The molecule has 0 radical (unpaired) electrons. The van der Waals surface area contributed by atoms with Crippen LogP contribution in [-0.4, -0.2) is 60.9 Å². The maximum atomic E-state index is 13.0. The molecule has 0 spiro atoms. The van der Waals surface area contributed by atoms with Gasteiger partial charge in [0.1, 0.15) is 0 Å². The van der Waals surface area contributed by atoms with Crippen LogP contribution in [0.2, 0.25) is 0 Å². The third-order valence-electron chi connectivity index (χ3n) is 5.40. The van der Waals surface area contributed by atoms with Crippen molar-refractivity contribution in [1.29, 1.82) is 0 Å². The number of nitrogens with one attached hydrogen (secondary N) is 1. The Morgan fingerprint density at radius 3 is 2.35 bits per heavy atom. The molecule has 0 unspecified atom stereocenters. The van der Waals surface area contributed by atoms with E-state index >= 15 is 0 Å². The number of ether oxygens (including phenoxy) is 1. The highest BCUT2D eigenvalue weighted by atomic mass is 16.5. The van der Waals surface area contributed by atoms with Crippen LogP contribution in [0.3, 0.4) is 0 Å². The molecule has 1 N–H and O–H groups in total. The van der Waals surface area contributed by atoms with Crippen LogP contribution in [0.1, 0.15) is 30.1 Å². The summed E-state index contributed by atoms with van der Waals surface area (Å²) in [7, 11) is 1.63. The number of rotatable bonds is 7. The SMILES string of the molecule is CCOC(=O)C1CCN(C(=O)CN(C)C(=O)c2ccccc2Nc2ccccc2)CC1. The van der Waals surface area contributed by atoms with E-state index in [4.69, 9.17) is 4.74 Å². The lowest BCUT2D eigenvalue weighted by atomic mass is 9.97. The molecule has 2 aromatic carbocycles. The van der Waals surface area contributed by atoms with E-state index in [0.29, 0.717) is 43.8 Å². The van der Waals surface area contributed by atoms with Gasteiger partial charge in [-0.1, -0.05) is 30.3 Å². The van der Waals surface area contributed by atoms with Crippen LogP contribution in [0, 0.1) is 5.92 Å². The van der Waals surface area contributed by atoms with Crippen LogP contribution >= 0.6 is 0 Å². The molecule has 1 heterocycles. The zero-order chi connectivity index (χ0) is 22.2. The normalized spacial score (nSPS) is 14.1. The Bertz CT molecular complexity index is 908. The number of anilines is 2. The van der Waals surface area contributed by atoms with Crippen molar-refractivity contribution in [3.8, 4) is 0 Å². The van der Waals surface area contributed by atoms with Gasteiger partial charge in [0.25, 0.3) is 5.91 Å². The van der Waals surface area contributed by atoms with E-state index in [1.54, 1.807) is 31.0 Å². The van der Waals surface area contributed by atoms with Gasteiger partial charge in [-0.25, -0.2) is 0 Å². The highest BCUT2D eigenvalue weighted by molar-refractivity contribution is 6.01. The number of carbonyl (C=O) groups is 3. The van der Waals surface area contributed by atoms with Crippen LogP contribution in [0.4, 0.5) is 11.4 Å². The van der Waals surface area contributed by atoms with Crippen LogP contribution in [0.25, 0.3) is 0 Å². The number of para-hydroxylation sites is 2.